The molecule has 1 aliphatic carbocycles. The van der Waals surface area contributed by atoms with E-state index in [4.69, 9.17) is 0 Å². The average Bonchev–Trinajstić information content (AvgIpc) is 3.11. The highest BCUT2D eigenvalue weighted by Crippen LogP contribution is 2.52. The Morgan fingerprint density at radius 1 is 1.53 bits per heavy atom. The lowest BCUT2D eigenvalue weighted by Crippen LogP contribution is -2.14. The van der Waals surface area contributed by atoms with Gasteiger partial charge in [-0.1, -0.05) is 15.9 Å². The molecule has 0 spiro atoms. The summed E-state index contributed by atoms with van der Waals surface area (Å²) in [4.78, 5) is 11.5. The highest BCUT2D eigenvalue weighted by molar-refractivity contribution is 9.10. The number of phenolic OH excluding ortho intramolecular Hbond substituents is 1. The van der Waals surface area contributed by atoms with Crippen LogP contribution in [-0.2, 0) is 10.2 Å². The van der Waals surface area contributed by atoms with Crippen molar-refractivity contribution < 1.29 is 19.7 Å². The summed E-state index contributed by atoms with van der Waals surface area (Å²) in [6.45, 7) is -0.0301. The van der Waals surface area contributed by atoms with E-state index in [1.165, 1.54) is 13.2 Å². The molecule has 2 N–H and O–H groups in total. The second kappa shape index (κ2) is 4.31. The fourth-order valence-corrected chi connectivity index (χ4v) is 2.39. The quantitative estimate of drug-likeness (QED) is 0.838. The van der Waals surface area contributed by atoms with Crippen LogP contribution in [0, 0.1) is 0 Å². The Morgan fingerprint density at radius 3 is 2.65 bits per heavy atom. The minimum Gasteiger partial charge on any atom is -0.507 e. The van der Waals surface area contributed by atoms with Crippen molar-refractivity contribution in [2.45, 2.75) is 18.3 Å². The molecule has 0 radical (unpaired) electrons. The van der Waals surface area contributed by atoms with Crippen molar-refractivity contribution in [3.8, 4) is 5.75 Å². The number of hydrogen-bond donors (Lipinski definition) is 2. The third kappa shape index (κ3) is 2.05. The van der Waals surface area contributed by atoms with Gasteiger partial charge in [-0.05, 0) is 25.0 Å². The lowest BCUT2D eigenvalue weighted by atomic mass is 9.94. The van der Waals surface area contributed by atoms with E-state index in [0.717, 1.165) is 12.8 Å². The Labute approximate surface area is 107 Å². The molecule has 1 aromatic carbocycles. The number of ether oxygens (including phenoxy) is 1. The van der Waals surface area contributed by atoms with E-state index in [2.05, 4.69) is 20.7 Å². The summed E-state index contributed by atoms with van der Waals surface area (Å²) < 4.78 is 5.30. The van der Waals surface area contributed by atoms with E-state index < -0.39 is 11.4 Å². The van der Waals surface area contributed by atoms with Crippen LogP contribution < -0.4 is 0 Å². The molecule has 1 saturated carbocycles. The number of methoxy groups -OCH3 is 1. The number of halogens is 1. The maximum atomic E-state index is 11.5. The molecule has 1 aliphatic rings. The second-order valence-electron chi connectivity index (χ2n) is 4.28. The van der Waals surface area contributed by atoms with Crippen LogP contribution >= 0.6 is 15.9 Å². The molecule has 0 amide bonds. The number of aromatic hydroxyl groups is 1. The van der Waals surface area contributed by atoms with E-state index in [1.807, 2.05) is 0 Å². The summed E-state index contributed by atoms with van der Waals surface area (Å²) in [5, 5.41) is 19.5. The molecule has 0 bridgehead atoms. The molecule has 17 heavy (non-hydrogen) atoms. The van der Waals surface area contributed by atoms with Gasteiger partial charge in [-0.15, -0.1) is 0 Å². The highest BCUT2D eigenvalue weighted by atomic mass is 79.9. The normalized spacial score (nSPS) is 16.6. The summed E-state index contributed by atoms with van der Waals surface area (Å²) in [7, 11) is 1.27. The number of phenols is 1. The Hall–Kier alpha value is -1.07. The number of esters is 1. The van der Waals surface area contributed by atoms with Crippen molar-refractivity contribution in [3.05, 3.63) is 27.7 Å². The molecule has 1 fully saturated rings. The van der Waals surface area contributed by atoms with Crippen LogP contribution in [0.5, 0.6) is 5.75 Å². The largest absolute Gasteiger partial charge is 0.507 e. The lowest BCUT2D eigenvalue weighted by Gasteiger charge is -2.16. The minimum absolute atomic E-state index is 0.0301. The van der Waals surface area contributed by atoms with Gasteiger partial charge in [0.1, 0.15) is 11.3 Å². The third-order valence-corrected chi connectivity index (χ3v) is 3.67. The zero-order chi connectivity index (χ0) is 12.6. The third-order valence-electron chi connectivity index (χ3n) is 3.21. The van der Waals surface area contributed by atoms with Gasteiger partial charge in [0.25, 0.3) is 0 Å². The number of carbonyl (C=O) groups excluding carboxylic acids is 1. The van der Waals surface area contributed by atoms with Gasteiger partial charge in [0.15, 0.2) is 0 Å². The van der Waals surface area contributed by atoms with Crippen LogP contribution in [0.3, 0.4) is 0 Å². The van der Waals surface area contributed by atoms with Crippen LogP contribution in [0.2, 0.25) is 0 Å². The number of hydrogen-bond acceptors (Lipinski definition) is 4. The maximum Gasteiger partial charge on any atom is 0.341 e. The molecule has 2 rings (SSSR count). The van der Waals surface area contributed by atoms with E-state index in [-0.39, 0.29) is 17.9 Å². The minimum atomic E-state index is -0.584. The molecule has 0 saturated heterocycles. The van der Waals surface area contributed by atoms with Crippen molar-refractivity contribution in [1.82, 2.24) is 0 Å². The Morgan fingerprint density at radius 2 is 2.18 bits per heavy atom. The lowest BCUT2D eigenvalue weighted by molar-refractivity contribution is 0.0597. The maximum absolute atomic E-state index is 11.5. The van der Waals surface area contributed by atoms with E-state index in [9.17, 15) is 15.0 Å². The molecule has 0 unspecified atom stereocenters. The van der Waals surface area contributed by atoms with E-state index >= 15 is 0 Å². The van der Waals surface area contributed by atoms with Crippen LogP contribution in [0.15, 0.2) is 16.6 Å². The van der Waals surface area contributed by atoms with Crippen molar-refractivity contribution in [2.75, 3.05) is 13.7 Å². The first-order chi connectivity index (χ1) is 8.04. The van der Waals surface area contributed by atoms with Gasteiger partial charge in [-0.25, -0.2) is 4.79 Å². The monoisotopic (exact) mass is 300 g/mol. The zero-order valence-electron chi connectivity index (χ0n) is 9.36. The fraction of sp³-hybridized carbons (Fsp3) is 0.417. The van der Waals surface area contributed by atoms with Crippen molar-refractivity contribution >= 4 is 21.9 Å². The summed E-state index contributed by atoms with van der Waals surface area (Å²) in [6, 6.07) is 3.25. The fourth-order valence-electron chi connectivity index (χ4n) is 1.93. The number of aliphatic hydroxyl groups excluding tert-OH is 1. The Bertz CT molecular complexity index is 466. The first-order valence-corrected chi connectivity index (χ1v) is 6.05. The topological polar surface area (TPSA) is 66.8 Å². The second-order valence-corrected chi connectivity index (χ2v) is 5.20. The van der Waals surface area contributed by atoms with Crippen LogP contribution in [0.4, 0.5) is 0 Å². The molecular formula is C12H13BrO4. The predicted octanol–water partition coefficient (Wildman–Crippen LogP) is 1.97. The summed E-state index contributed by atoms with van der Waals surface area (Å²) >= 11 is 3.29. The van der Waals surface area contributed by atoms with Crippen molar-refractivity contribution in [1.29, 1.82) is 0 Å². The van der Waals surface area contributed by atoms with Gasteiger partial charge >= 0.3 is 5.97 Å². The molecule has 0 heterocycles. The number of carbonyl (C=O) groups is 1. The zero-order valence-corrected chi connectivity index (χ0v) is 11.0. The summed E-state index contributed by atoms with van der Waals surface area (Å²) in [5.74, 6) is -0.676. The van der Waals surface area contributed by atoms with Crippen molar-refractivity contribution in [3.63, 3.8) is 0 Å². The molecule has 0 atom stereocenters. The Balaban J connectivity index is 2.54. The molecule has 92 valence electrons. The summed E-state index contributed by atoms with van der Waals surface area (Å²) in [6.07, 6.45) is 1.63. The first-order valence-electron chi connectivity index (χ1n) is 5.26. The van der Waals surface area contributed by atoms with Gasteiger partial charge in [0.2, 0.25) is 0 Å². The van der Waals surface area contributed by atoms with Gasteiger partial charge in [-0.2, -0.15) is 0 Å². The molecule has 5 heteroatoms. The number of benzene rings is 1. The van der Waals surface area contributed by atoms with E-state index in [0.29, 0.717) is 10.0 Å². The average molecular weight is 301 g/mol. The SMILES string of the molecule is COC(=O)c1cc(Br)cc(C2(CO)CC2)c1O. The van der Waals surface area contributed by atoms with E-state index in [1.54, 1.807) is 6.07 Å². The Kier molecular flexibility index (Phi) is 3.14. The van der Waals surface area contributed by atoms with Crippen LogP contribution in [0.25, 0.3) is 0 Å². The smallest absolute Gasteiger partial charge is 0.341 e. The van der Waals surface area contributed by atoms with Crippen LogP contribution in [-0.4, -0.2) is 29.9 Å². The van der Waals surface area contributed by atoms with Gasteiger partial charge in [-0.3, -0.25) is 0 Å². The van der Waals surface area contributed by atoms with Gasteiger partial charge in [0.05, 0.1) is 13.7 Å². The standard InChI is InChI=1S/C12H13BrO4/c1-17-11(16)8-4-7(13)5-9(10(8)15)12(6-14)2-3-12/h4-5,14-15H,2-3,6H2,1H3. The van der Waals surface area contributed by atoms with Gasteiger partial charge in [0, 0.05) is 15.5 Å². The van der Waals surface area contributed by atoms with Crippen LogP contribution in [0.1, 0.15) is 28.8 Å². The molecule has 0 aliphatic heterocycles. The number of rotatable bonds is 3. The summed E-state index contributed by atoms with van der Waals surface area (Å²) in [5.41, 5.74) is 0.336. The first kappa shape index (κ1) is 12.4. The highest BCUT2D eigenvalue weighted by Gasteiger charge is 2.46. The molecule has 1 aromatic rings. The number of aliphatic hydroxyl groups is 1. The predicted molar refractivity (Wildman–Crippen MR) is 65.1 cm³/mol. The molecular weight excluding hydrogens is 288 g/mol. The van der Waals surface area contributed by atoms with Crippen molar-refractivity contribution in [2.24, 2.45) is 0 Å². The molecule has 4 nitrogen and oxygen atoms in total. The van der Waals surface area contributed by atoms with Gasteiger partial charge < -0.3 is 14.9 Å². The molecule has 0 aromatic heterocycles.